The Kier molecular flexibility index (Phi) is 6.69. The molecular formula is C25H29N3O5S2. The van der Waals surface area contributed by atoms with Crippen molar-refractivity contribution >= 4 is 37.5 Å². The minimum Gasteiger partial charge on any atom is -0.486 e. The molecule has 0 radical (unpaired) electrons. The summed E-state index contributed by atoms with van der Waals surface area (Å²) in [6.45, 7) is 6.93. The van der Waals surface area contributed by atoms with Gasteiger partial charge in [-0.1, -0.05) is 25.2 Å². The number of amides is 1. The van der Waals surface area contributed by atoms with Crippen LogP contribution in [0.2, 0.25) is 0 Å². The Morgan fingerprint density at radius 3 is 2.54 bits per heavy atom. The standard InChI is InChI=1S/C25H29N3O5S2/c1-3-10-28-20-14-21-22(33-13-12-32-21)15-23(20)34-25(28)26-24(29)18-6-8-19(9-7-18)35(30,31)27-11-4-5-17(2)16-27/h6-9,14-15,17H,3-5,10-13,16H2,1-2H3. The van der Waals surface area contributed by atoms with E-state index in [4.69, 9.17) is 9.47 Å². The largest absolute Gasteiger partial charge is 0.486 e. The van der Waals surface area contributed by atoms with E-state index in [1.165, 1.54) is 23.5 Å². The zero-order valence-corrected chi connectivity index (χ0v) is 21.5. The summed E-state index contributed by atoms with van der Waals surface area (Å²) >= 11 is 1.42. The van der Waals surface area contributed by atoms with Crippen LogP contribution in [0.4, 0.5) is 0 Å². The van der Waals surface area contributed by atoms with Crippen molar-refractivity contribution in [2.75, 3.05) is 26.3 Å². The van der Waals surface area contributed by atoms with Crippen LogP contribution >= 0.6 is 11.3 Å². The van der Waals surface area contributed by atoms with Gasteiger partial charge in [0.15, 0.2) is 16.3 Å². The number of aryl methyl sites for hydroxylation is 1. The molecule has 2 aliphatic heterocycles. The van der Waals surface area contributed by atoms with Crippen LogP contribution in [0, 0.1) is 5.92 Å². The molecule has 1 amide bonds. The van der Waals surface area contributed by atoms with Crippen molar-refractivity contribution in [2.24, 2.45) is 10.9 Å². The van der Waals surface area contributed by atoms with E-state index in [1.54, 1.807) is 16.4 Å². The van der Waals surface area contributed by atoms with E-state index in [0.29, 0.717) is 60.6 Å². The molecule has 1 atom stereocenters. The highest BCUT2D eigenvalue weighted by atomic mass is 32.2. The average molecular weight is 516 g/mol. The third-order valence-electron chi connectivity index (χ3n) is 6.35. The molecule has 1 saturated heterocycles. The van der Waals surface area contributed by atoms with E-state index in [2.05, 4.69) is 18.8 Å². The van der Waals surface area contributed by atoms with Gasteiger partial charge in [-0.2, -0.15) is 9.30 Å². The molecule has 3 aromatic rings. The van der Waals surface area contributed by atoms with Gasteiger partial charge in [-0.15, -0.1) is 0 Å². The third kappa shape index (κ3) is 4.74. The first-order chi connectivity index (χ1) is 16.9. The van der Waals surface area contributed by atoms with Gasteiger partial charge in [-0.3, -0.25) is 4.79 Å². The lowest BCUT2D eigenvalue weighted by atomic mass is 10.0. The third-order valence-corrected chi connectivity index (χ3v) is 9.27. The van der Waals surface area contributed by atoms with E-state index >= 15 is 0 Å². The SMILES string of the molecule is CCCn1c(=NC(=O)c2ccc(S(=O)(=O)N3CCCC(C)C3)cc2)sc2cc3c(cc21)OCCO3. The van der Waals surface area contributed by atoms with Gasteiger partial charge < -0.3 is 14.0 Å². The molecule has 5 rings (SSSR count). The Bertz CT molecular complexity index is 1420. The molecule has 35 heavy (non-hydrogen) atoms. The maximum atomic E-state index is 13.0. The van der Waals surface area contributed by atoms with Crippen molar-refractivity contribution in [3.05, 3.63) is 46.8 Å². The fourth-order valence-corrected chi connectivity index (χ4v) is 7.23. The van der Waals surface area contributed by atoms with E-state index < -0.39 is 15.9 Å². The van der Waals surface area contributed by atoms with Crippen molar-refractivity contribution in [3.63, 3.8) is 0 Å². The van der Waals surface area contributed by atoms with Gasteiger partial charge in [0.05, 0.1) is 15.1 Å². The Morgan fingerprint density at radius 2 is 1.86 bits per heavy atom. The topological polar surface area (TPSA) is 90.2 Å². The molecule has 8 nitrogen and oxygen atoms in total. The number of hydrogen-bond acceptors (Lipinski definition) is 6. The second-order valence-corrected chi connectivity index (χ2v) is 12.0. The highest BCUT2D eigenvalue weighted by Crippen LogP contribution is 2.35. The number of nitrogens with zero attached hydrogens (tertiary/aromatic N) is 3. The molecule has 0 spiro atoms. The van der Waals surface area contributed by atoms with E-state index in [-0.39, 0.29) is 4.90 Å². The van der Waals surface area contributed by atoms with Crippen molar-refractivity contribution in [3.8, 4) is 11.5 Å². The maximum absolute atomic E-state index is 13.0. The number of carbonyl (C=O) groups excluding carboxylic acids is 1. The van der Waals surface area contributed by atoms with Gasteiger partial charge in [0.2, 0.25) is 10.0 Å². The predicted octanol–water partition coefficient (Wildman–Crippen LogP) is 4.05. The van der Waals surface area contributed by atoms with Crippen LogP contribution in [0.3, 0.4) is 0 Å². The lowest BCUT2D eigenvalue weighted by Crippen LogP contribution is -2.39. The van der Waals surface area contributed by atoms with Crippen LogP contribution in [0.25, 0.3) is 10.2 Å². The molecule has 3 heterocycles. The summed E-state index contributed by atoms with van der Waals surface area (Å²) in [5.41, 5.74) is 1.30. The van der Waals surface area contributed by atoms with Crippen molar-refractivity contribution in [1.82, 2.24) is 8.87 Å². The minimum atomic E-state index is -3.57. The fourth-order valence-electron chi connectivity index (χ4n) is 4.57. The number of ether oxygens (including phenoxy) is 2. The van der Waals surface area contributed by atoms with E-state index in [0.717, 1.165) is 29.5 Å². The molecule has 0 bridgehead atoms. The molecule has 0 aliphatic carbocycles. The van der Waals surface area contributed by atoms with Crippen LogP contribution in [0.1, 0.15) is 43.5 Å². The van der Waals surface area contributed by atoms with E-state index in [1.807, 2.05) is 16.7 Å². The smallest absolute Gasteiger partial charge is 0.279 e. The number of piperidine rings is 1. The lowest BCUT2D eigenvalue weighted by molar-refractivity contribution is 0.0997. The van der Waals surface area contributed by atoms with Crippen molar-refractivity contribution < 1.29 is 22.7 Å². The minimum absolute atomic E-state index is 0.205. The number of hydrogen-bond donors (Lipinski definition) is 0. The fraction of sp³-hybridized carbons (Fsp3) is 0.440. The zero-order chi connectivity index (χ0) is 24.6. The Labute approximate surface area is 208 Å². The van der Waals surface area contributed by atoms with Gasteiger partial charge in [0.25, 0.3) is 5.91 Å². The van der Waals surface area contributed by atoms with Crippen LogP contribution in [-0.2, 0) is 16.6 Å². The number of benzene rings is 2. The van der Waals surface area contributed by atoms with Crippen LogP contribution in [0.5, 0.6) is 11.5 Å². The summed E-state index contributed by atoms with van der Waals surface area (Å²) in [6.07, 6.45) is 2.78. The summed E-state index contributed by atoms with van der Waals surface area (Å²) in [4.78, 5) is 18.2. The van der Waals surface area contributed by atoms with E-state index in [9.17, 15) is 13.2 Å². The molecule has 0 N–H and O–H groups in total. The highest BCUT2D eigenvalue weighted by molar-refractivity contribution is 7.89. The number of fused-ring (bicyclic) bond motifs is 2. The number of rotatable bonds is 5. The summed E-state index contributed by atoms with van der Waals surface area (Å²) in [5.74, 6) is 1.34. The first-order valence-corrected chi connectivity index (χ1v) is 14.2. The Balaban J connectivity index is 1.45. The number of thiazole rings is 1. The van der Waals surface area contributed by atoms with Crippen LogP contribution < -0.4 is 14.3 Å². The molecule has 10 heteroatoms. The molecule has 2 aliphatic rings. The van der Waals surface area contributed by atoms with Crippen molar-refractivity contribution in [1.29, 1.82) is 0 Å². The monoisotopic (exact) mass is 515 g/mol. The van der Waals surface area contributed by atoms with Crippen molar-refractivity contribution in [2.45, 2.75) is 44.6 Å². The predicted molar refractivity (Wildman–Crippen MR) is 135 cm³/mol. The number of sulfonamides is 1. The molecule has 1 aromatic heterocycles. The molecule has 1 unspecified atom stereocenters. The Hall–Kier alpha value is -2.69. The summed E-state index contributed by atoms with van der Waals surface area (Å²) in [5, 5.41) is 0. The highest BCUT2D eigenvalue weighted by Gasteiger charge is 2.28. The van der Waals surface area contributed by atoms with Crippen LogP contribution in [0.15, 0.2) is 46.3 Å². The second kappa shape index (κ2) is 9.75. The summed E-state index contributed by atoms with van der Waals surface area (Å²) < 4.78 is 42.0. The van der Waals surface area contributed by atoms with Crippen LogP contribution in [-0.4, -0.2) is 49.5 Å². The number of aromatic nitrogens is 1. The maximum Gasteiger partial charge on any atom is 0.279 e. The van der Waals surface area contributed by atoms with Gasteiger partial charge >= 0.3 is 0 Å². The summed E-state index contributed by atoms with van der Waals surface area (Å²) in [7, 11) is -3.57. The first-order valence-electron chi connectivity index (χ1n) is 12.0. The Morgan fingerprint density at radius 1 is 1.14 bits per heavy atom. The molecular weight excluding hydrogens is 486 g/mol. The quantitative estimate of drug-likeness (QED) is 0.512. The van der Waals surface area contributed by atoms with Gasteiger partial charge in [0.1, 0.15) is 13.2 Å². The summed E-state index contributed by atoms with van der Waals surface area (Å²) in [6, 6.07) is 9.98. The molecule has 2 aromatic carbocycles. The molecule has 0 saturated carbocycles. The van der Waals surface area contributed by atoms with Gasteiger partial charge in [0, 0.05) is 37.3 Å². The lowest BCUT2D eigenvalue weighted by Gasteiger charge is -2.30. The molecule has 186 valence electrons. The first kappa shape index (κ1) is 24.0. The normalized spacial score (nSPS) is 19.3. The van der Waals surface area contributed by atoms with Gasteiger partial charge in [-0.25, -0.2) is 8.42 Å². The zero-order valence-electron chi connectivity index (χ0n) is 19.9. The second-order valence-electron chi connectivity index (χ2n) is 9.05. The number of carbonyl (C=O) groups is 1. The van der Waals surface area contributed by atoms with Gasteiger partial charge in [-0.05, 0) is 49.4 Å². The average Bonchev–Trinajstić information content (AvgIpc) is 3.18. The molecule has 1 fully saturated rings.